The van der Waals surface area contributed by atoms with Crippen LogP contribution in [0.3, 0.4) is 0 Å². The van der Waals surface area contributed by atoms with Crippen molar-refractivity contribution in [3.8, 4) is 0 Å². The van der Waals surface area contributed by atoms with E-state index in [1.807, 2.05) is 19.1 Å². The second-order valence-electron chi connectivity index (χ2n) is 7.07. The fourth-order valence-electron chi connectivity index (χ4n) is 3.67. The lowest BCUT2D eigenvalue weighted by Gasteiger charge is -2.41. The minimum atomic E-state index is -3.23. The Balaban J connectivity index is 1.66. The first kappa shape index (κ1) is 20.5. The molecule has 3 rings (SSSR count). The van der Waals surface area contributed by atoms with Gasteiger partial charge in [0.05, 0.1) is 11.8 Å². The molecule has 0 aliphatic carbocycles. The molecule has 0 saturated carbocycles. The standard InChI is InChI=1S/C20H29N3O2S2/c1-3-27(24,25)21-17(2)20(19-10-7-15-26-19)23-13-11-22(12-14-23)16-18-8-5-4-6-9-18/h4-10,15,17,20-21H,3,11-14,16H2,1-2H3/t17-,20-/m0/s1. The maximum Gasteiger partial charge on any atom is 0.211 e. The van der Waals surface area contributed by atoms with E-state index < -0.39 is 10.0 Å². The van der Waals surface area contributed by atoms with E-state index in [1.165, 1.54) is 10.4 Å². The molecule has 0 spiro atoms. The van der Waals surface area contributed by atoms with Gasteiger partial charge in [0.1, 0.15) is 0 Å². The molecular formula is C20H29N3O2S2. The van der Waals surface area contributed by atoms with E-state index in [2.05, 4.69) is 50.2 Å². The molecule has 2 aromatic rings. The largest absolute Gasteiger partial charge is 0.297 e. The van der Waals surface area contributed by atoms with E-state index >= 15 is 0 Å². The minimum Gasteiger partial charge on any atom is -0.297 e. The molecule has 1 N–H and O–H groups in total. The van der Waals surface area contributed by atoms with Gasteiger partial charge < -0.3 is 0 Å². The van der Waals surface area contributed by atoms with Crippen molar-refractivity contribution in [1.29, 1.82) is 0 Å². The summed E-state index contributed by atoms with van der Waals surface area (Å²) in [7, 11) is -3.23. The zero-order valence-corrected chi connectivity index (χ0v) is 17.7. The van der Waals surface area contributed by atoms with E-state index in [0.29, 0.717) is 0 Å². The first-order valence-electron chi connectivity index (χ1n) is 9.52. The highest BCUT2D eigenvalue weighted by molar-refractivity contribution is 7.89. The maximum atomic E-state index is 12.1. The van der Waals surface area contributed by atoms with E-state index in [1.54, 1.807) is 18.3 Å². The monoisotopic (exact) mass is 407 g/mol. The van der Waals surface area contributed by atoms with Gasteiger partial charge in [-0.15, -0.1) is 11.3 Å². The Labute approximate surface area is 167 Å². The van der Waals surface area contributed by atoms with Crippen LogP contribution in [0.4, 0.5) is 0 Å². The predicted molar refractivity (Wildman–Crippen MR) is 112 cm³/mol. The molecule has 2 heterocycles. The molecule has 0 radical (unpaired) electrons. The Morgan fingerprint density at radius 3 is 2.37 bits per heavy atom. The van der Waals surface area contributed by atoms with Gasteiger partial charge in [0.25, 0.3) is 0 Å². The number of hydrogen-bond acceptors (Lipinski definition) is 5. The predicted octanol–water partition coefficient (Wildman–Crippen LogP) is 2.93. The summed E-state index contributed by atoms with van der Waals surface area (Å²) in [5, 5.41) is 2.06. The van der Waals surface area contributed by atoms with Gasteiger partial charge >= 0.3 is 0 Å². The van der Waals surface area contributed by atoms with Crippen molar-refractivity contribution in [3.05, 3.63) is 58.3 Å². The number of nitrogens with zero attached hydrogens (tertiary/aromatic N) is 2. The Bertz CT molecular complexity index is 786. The fraction of sp³-hybridized carbons (Fsp3) is 0.500. The van der Waals surface area contributed by atoms with Crippen molar-refractivity contribution in [2.45, 2.75) is 32.5 Å². The maximum absolute atomic E-state index is 12.1. The molecule has 7 heteroatoms. The molecule has 0 amide bonds. The van der Waals surface area contributed by atoms with Crippen molar-refractivity contribution in [1.82, 2.24) is 14.5 Å². The quantitative estimate of drug-likeness (QED) is 0.731. The van der Waals surface area contributed by atoms with Crippen molar-refractivity contribution in [3.63, 3.8) is 0 Å². The van der Waals surface area contributed by atoms with Crippen molar-refractivity contribution in [2.75, 3.05) is 31.9 Å². The summed E-state index contributed by atoms with van der Waals surface area (Å²) >= 11 is 1.70. The summed E-state index contributed by atoms with van der Waals surface area (Å²) in [5.41, 5.74) is 1.34. The van der Waals surface area contributed by atoms with Crippen LogP contribution in [0.5, 0.6) is 0 Å². The van der Waals surface area contributed by atoms with E-state index in [0.717, 1.165) is 32.7 Å². The molecule has 1 aromatic heterocycles. The van der Waals surface area contributed by atoms with Crippen LogP contribution in [0.2, 0.25) is 0 Å². The summed E-state index contributed by atoms with van der Waals surface area (Å²) in [4.78, 5) is 6.12. The molecule has 1 aliphatic heterocycles. The lowest BCUT2D eigenvalue weighted by Crippen LogP contribution is -2.52. The zero-order chi connectivity index (χ0) is 19.3. The van der Waals surface area contributed by atoms with Gasteiger partial charge in [0.2, 0.25) is 10.0 Å². The van der Waals surface area contributed by atoms with Gasteiger partial charge in [-0.1, -0.05) is 36.4 Å². The Kier molecular flexibility index (Phi) is 7.05. The van der Waals surface area contributed by atoms with E-state index in [-0.39, 0.29) is 17.8 Å². The van der Waals surface area contributed by atoms with Crippen LogP contribution in [0.25, 0.3) is 0 Å². The Morgan fingerprint density at radius 1 is 1.07 bits per heavy atom. The topological polar surface area (TPSA) is 52.7 Å². The van der Waals surface area contributed by atoms with Crippen LogP contribution in [-0.2, 0) is 16.6 Å². The van der Waals surface area contributed by atoms with Crippen LogP contribution in [0.15, 0.2) is 47.8 Å². The smallest absolute Gasteiger partial charge is 0.211 e. The average molecular weight is 408 g/mol. The summed E-state index contributed by atoms with van der Waals surface area (Å²) in [6, 6.07) is 14.6. The van der Waals surface area contributed by atoms with E-state index in [9.17, 15) is 8.42 Å². The summed E-state index contributed by atoms with van der Waals surface area (Å²) < 4.78 is 27.0. The third-order valence-electron chi connectivity index (χ3n) is 5.10. The molecular weight excluding hydrogens is 378 g/mol. The average Bonchev–Trinajstić information content (AvgIpc) is 3.18. The second kappa shape index (κ2) is 9.30. The second-order valence-corrected chi connectivity index (χ2v) is 10.1. The summed E-state index contributed by atoms with van der Waals surface area (Å²) in [5.74, 6) is 0.110. The molecule has 1 aliphatic rings. The number of nitrogens with one attached hydrogen (secondary N) is 1. The third kappa shape index (κ3) is 5.62. The van der Waals surface area contributed by atoms with Gasteiger partial charge in [-0.3, -0.25) is 9.80 Å². The van der Waals surface area contributed by atoms with Gasteiger partial charge in [0.15, 0.2) is 0 Å². The lowest BCUT2D eigenvalue weighted by molar-refractivity contribution is 0.0819. The zero-order valence-electron chi connectivity index (χ0n) is 16.0. The van der Waals surface area contributed by atoms with Crippen LogP contribution >= 0.6 is 11.3 Å². The molecule has 1 saturated heterocycles. The molecule has 0 bridgehead atoms. The normalized spacial score (nSPS) is 19.0. The fourth-order valence-corrected chi connectivity index (χ4v) is 5.50. The summed E-state index contributed by atoms with van der Waals surface area (Å²) in [6.07, 6.45) is 0. The van der Waals surface area contributed by atoms with Crippen LogP contribution in [0.1, 0.15) is 30.3 Å². The molecule has 1 aromatic carbocycles. The summed E-state index contributed by atoms with van der Waals surface area (Å²) in [6.45, 7) is 8.48. The van der Waals surface area contributed by atoms with Crippen molar-refractivity contribution >= 4 is 21.4 Å². The number of piperazine rings is 1. The van der Waals surface area contributed by atoms with Gasteiger partial charge in [-0.05, 0) is 30.9 Å². The van der Waals surface area contributed by atoms with Gasteiger partial charge in [0, 0.05) is 43.6 Å². The Morgan fingerprint density at radius 2 is 1.78 bits per heavy atom. The molecule has 5 nitrogen and oxygen atoms in total. The third-order valence-corrected chi connectivity index (χ3v) is 7.54. The molecule has 2 atom stereocenters. The first-order chi connectivity index (χ1) is 13.0. The highest BCUT2D eigenvalue weighted by Gasteiger charge is 2.31. The highest BCUT2D eigenvalue weighted by atomic mass is 32.2. The molecule has 148 valence electrons. The Hall–Kier alpha value is -1.25. The minimum absolute atomic E-state index is 0.0743. The van der Waals surface area contributed by atoms with Crippen LogP contribution in [-0.4, -0.2) is 56.2 Å². The SMILES string of the molecule is CCS(=O)(=O)N[C@@H](C)[C@@H](c1cccs1)N1CCN(Cc2ccccc2)CC1. The number of hydrogen-bond donors (Lipinski definition) is 1. The number of sulfonamides is 1. The lowest BCUT2D eigenvalue weighted by atomic mass is 10.1. The molecule has 0 unspecified atom stereocenters. The van der Waals surface area contributed by atoms with Crippen molar-refractivity contribution < 1.29 is 8.42 Å². The molecule has 27 heavy (non-hydrogen) atoms. The van der Waals surface area contributed by atoms with E-state index in [4.69, 9.17) is 0 Å². The first-order valence-corrected chi connectivity index (χ1v) is 12.1. The van der Waals surface area contributed by atoms with Gasteiger partial charge in [-0.2, -0.15) is 0 Å². The van der Waals surface area contributed by atoms with Gasteiger partial charge in [-0.25, -0.2) is 13.1 Å². The number of benzene rings is 1. The number of thiophene rings is 1. The number of rotatable bonds is 8. The van der Waals surface area contributed by atoms with Crippen molar-refractivity contribution in [2.24, 2.45) is 0 Å². The highest BCUT2D eigenvalue weighted by Crippen LogP contribution is 2.29. The van der Waals surface area contributed by atoms with Crippen LogP contribution < -0.4 is 4.72 Å². The molecule has 1 fully saturated rings. The van der Waals surface area contributed by atoms with Crippen LogP contribution in [0, 0.1) is 0 Å².